The van der Waals surface area contributed by atoms with Crippen LogP contribution in [0.2, 0.25) is 0 Å². The highest BCUT2D eigenvalue weighted by molar-refractivity contribution is 7.97. The van der Waals surface area contributed by atoms with Crippen molar-refractivity contribution in [1.82, 2.24) is 4.72 Å². The van der Waals surface area contributed by atoms with E-state index in [2.05, 4.69) is 11.6 Å². The van der Waals surface area contributed by atoms with E-state index in [9.17, 15) is 4.79 Å². The molecule has 0 spiro atoms. The number of amides is 1. The summed E-state index contributed by atoms with van der Waals surface area (Å²) in [5.41, 5.74) is 0. The second-order valence-electron chi connectivity index (χ2n) is 4.24. The number of hydrogen-bond acceptors (Lipinski definition) is 3. The predicted octanol–water partition coefficient (Wildman–Crippen LogP) is 3.54. The van der Waals surface area contributed by atoms with Gasteiger partial charge in [-0.25, -0.2) is 0 Å². The van der Waals surface area contributed by atoms with Gasteiger partial charge in [-0.15, -0.1) is 0 Å². The maximum atomic E-state index is 11.4. The van der Waals surface area contributed by atoms with E-state index in [0.29, 0.717) is 13.0 Å². The first-order chi connectivity index (χ1) is 8.31. The number of nitrogens with one attached hydrogen (secondary N) is 1. The molecule has 0 atom stereocenters. The molecule has 0 bridgehead atoms. The molecule has 0 aromatic heterocycles. The minimum Gasteiger partial charge on any atom is -0.384 e. The average Bonchev–Trinajstić information content (AvgIpc) is 2.33. The molecule has 0 saturated carbocycles. The Morgan fingerprint density at radius 3 is 2.41 bits per heavy atom. The molecular weight excluding hydrogens is 234 g/mol. The molecular formula is C13H27NO2S. The molecule has 0 radical (unpaired) electrons. The smallest absolute Gasteiger partial charge is 0.229 e. The minimum atomic E-state index is 0.152. The fourth-order valence-corrected chi connectivity index (χ4v) is 2.17. The topological polar surface area (TPSA) is 38.3 Å². The Labute approximate surface area is 110 Å². The molecule has 102 valence electrons. The van der Waals surface area contributed by atoms with Crippen molar-refractivity contribution in [2.24, 2.45) is 0 Å². The summed E-state index contributed by atoms with van der Waals surface area (Å²) in [6, 6.07) is 0. The first-order valence-electron chi connectivity index (χ1n) is 6.70. The van der Waals surface area contributed by atoms with Crippen LogP contribution in [0.4, 0.5) is 0 Å². The predicted molar refractivity (Wildman–Crippen MR) is 75.1 cm³/mol. The third-order valence-corrected chi connectivity index (χ3v) is 3.33. The van der Waals surface area contributed by atoms with E-state index in [-0.39, 0.29) is 5.91 Å². The monoisotopic (exact) mass is 261 g/mol. The maximum absolute atomic E-state index is 11.4. The Bertz CT molecular complexity index is 177. The van der Waals surface area contributed by atoms with Gasteiger partial charge in [-0.05, 0) is 18.4 Å². The third kappa shape index (κ3) is 13.7. The quantitative estimate of drug-likeness (QED) is 0.431. The van der Waals surface area contributed by atoms with E-state index in [1.165, 1.54) is 50.5 Å². The van der Waals surface area contributed by atoms with Crippen molar-refractivity contribution < 1.29 is 9.53 Å². The van der Waals surface area contributed by atoms with Gasteiger partial charge in [-0.3, -0.25) is 4.79 Å². The van der Waals surface area contributed by atoms with Crippen LogP contribution in [0, 0.1) is 0 Å². The standard InChI is InChI=1S/C13H27NO2S/c1-3-4-5-6-7-8-9-10-13(15)14-17-12-11-16-2/h3-12H2,1-2H3,(H,14,15). The summed E-state index contributed by atoms with van der Waals surface area (Å²) in [6.07, 6.45) is 9.42. The summed E-state index contributed by atoms with van der Waals surface area (Å²) in [5, 5.41) is 0. The van der Waals surface area contributed by atoms with Crippen molar-refractivity contribution in [3.8, 4) is 0 Å². The van der Waals surface area contributed by atoms with Gasteiger partial charge in [-0.1, -0.05) is 45.4 Å². The molecule has 0 aliphatic rings. The van der Waals surface area contributed by atoms with Gasteiger partial charge in [0.25, 0.3) is 0 Å². The molecule has 3 nitrogen and oxygen atoms in total. The Hall–Kier alpha value is -0.220. The maximum Gasteiger partial charge on any atom is 0.229 e. The molecule has 17 heavy (non-hydrogen) atoms. The van der Waals surface area contributed by atoms with Gasteiger partial charge in [0.1, 0.15) is 0 Å². The fourth-order valence-electron chi connectivity index (χ4n) is 1.55. The number of carbonyl (C=O) groups excluding carboxylic acids is 1. The second-order valence-corrected chi connectivity index (χ2v) is 5.14. The van der Waals surface area contributed by atoms with Gasteiger partial charge in [0, 0.05) is 19.3 Å². The van der Waals surface area contributed by atoms with E-state index in [4.69, 9.17) is 4.74 Å². The zero-order valence-electron chi connectivity index (χ0n) is 11.3. The zero-order chi connectivity index (χ0) is 12.8. The number of carbonyl (C=O) groups is 1. The fraction of sp³-hybridized carbons (Fsp3) is 0.923. The van der Waals surface area contributed by atoms with E-state index >= 15 is 0 Å². The Morgan fingerprint density at radius 1 is 1.12 bits per heavy atom. The van der Waals surface area contributed by atoms with Crippen LogP contribution >= 0.6 is 11.9 Å². The van der Waals surface area contributed by atoms with Crippen molar-refractivity contribution >= 4 is 17.9 Å². The van der Waals surface area contributed by atoms with Crippen molar-refractivity contribution in [2.75, 3.05) is 19.5 Å². The summed E-state index contributed by atoms with van der Waals surface area (Å²) in [6.45, 7) is 2.91. The van der Waals surface area contributed by atoms with E-state index in [1.807, 2.05) is 0 Å². The highest BCUT2D eigenvalue weighted by atomic mass is 32.2. The Morgan fingerprint density at radius 2 is 1.76 bits per heavy atom. The summed E-state index contributed by atoms with van der Waals surface area (Å²) in [4.78, 5) is 11.4. The second kappa shape index (κ2) is 13.8. The molecule has 0 aliphatic carbocycles. The van der Waals surface area contributed by atoms with E-state index in [1.54, 1.807) is 7.11 Å². The van der Waals surface area contributed by atoms with E-state index in [0.717, 1.165) is 12.2 Å². The molecule has 0 aromatic carbocycles. The van der Waals surface area contributed by atoms with Crippen molar-refractivity contribution in [3.63, 3.8) is 0 Å². The Kier molecular flexibility index (Phi) is 13.7. The molecule has 0 unspecified atom stereocenters. The zero-order valence-corrected chi connectivity index (χ0v) is 12.1. The van der Waals surface area contributed by atoms with Gasteiger partial charge in [0.15, 0.2) is 0 Å². The van der Waals surface area contributed by atoms with Gasteiger partial charge in [0.2, 0.25) is 5.91 Å². The Balaban J connectivity index is 3.11. The van der Waals surface area contributed by atoms with Gasteiger partial charge in [-0.2, -0.15) is 0 Å². The molecule has 0 fully saturated rings. The average molecular weight is 261 g/mol. The molecule has 0 aromatic rings. The summed E-state index contributed by atoms with van der Waals surface area (Å²) in [7, 11) is 1.67. The number of rotatable bonds is 12. The van der Waals surface area contributed by atoms with Gasteiger partial charge in [0.05, 0.1) is 6.61 Å². The van der Waals surface area contributed by atoms with Crippen LogP contribution in [0.1, 0.15) is 58.3 Å². The lowest BCUT2D eigenvalue weighted by atomic mass is 10.1. The number of ether oxygens (including phenoxy) is 1. The number of unbranched alkanes of at least 4 members (excludes halogenated alkanes) is 6. The molecule has 1 amide bonds. The lowest BCUT2D eigenvalue weighted by molar-refractivity contribution is -0.119. The lowest BCUT2D eigenvalue weighted by Crippen LogP contribution is -2.16. The SMILES string of the molecule is CCCCCCCCCC(=O)NSCCOC. The van der Waals surface area contributed by atoms with Crippen LogP contribution in [0.3, 0.4) is 0 Å². The molecule has 0 aliphatic heterocycles. The van der Waals surface area contributed by atoms with Crippen molar-refractivity contribution in [3.05, 3.63) is 0 Å². The van der Waals surface area contributed by atoms with E-state index < -0.39 is 0 Å². The van der Waals surface area contributed by atoms with Gasteiger partial charge < -0.3 is 9.46 Å². The molecule has 4 heteroatoms. The summed E-state index contributed by atoms with van der Waals surface area (Å²) >= 11 is 1.44. The highest BCUT2D eigenvalue weighted by Gasteiger charge is 2.00. The van der Waals surface area contributed by atoms with Crippen molar-refractivity contribution in [2.45, 2.75) is 58.3 Å². The molecule has 0 saturated heterocycles. The van der Waals surface area contributed by atoms with Crippen LogP contribution in [-0.2, 0) is 9.53 Å². The van der Waals surface area contributed by atoms with Crippen molar-refractivity contribution in [1.29, 1.82) is 0 Å². The van der Waals surface area contributed by atoms with Crippen LogP contribution < -0.4 is 4.72 Å². The van der Waals surface area contributed by atoms with Crippen LogP contribution in [0.5, 0.6) is 0 Å². The van der Waals surface area contributed by atoms with Crippen LogP contribution in [-0.4, -0.2) is 25.4 Å². The lowest BCUT2D eigenvalue weighted by Gasteiger charge is -2.04. The highest BCUT2D eigenvalue weighted by Crippen LogP contribution is 2.08. The number of hydrogen-bond donors (Lipinski definition) is 1. The van der Waals surface area contributed by atoms with Crippen LogP contribution in [0.15, 0.2) is 0 Å². The normalized spacial score (nSPS) is 10.5. The molecule has 0 rings (SSSR count). The van der Waals surface area contributed by atoms with Crippen LogP contribution in [0.25, 0.3) is 0 Å². The largest absolute Gasteiger partial charge is 0.384 e. The summed E-state index contributed by atoms with van der Waals surface area (Å²) < 4.78 is 7.72. The molecule has 0 heterocycles. The first kappa shape index (κ1) is 16.8. The summed E-state index contributed by atoms with van der Waals surface area (Å²) in [5.74, 6) is 0.971. The third-order valence-electron chi connectivity index (χ3n) is 2.58. The minimum absolute atomic E-state index is 0.152. The number of methoxy groups -OCH3 is 1. The van der Waals surface area contributed by atoms with Gasteiger partial charge >= 0.3 is 0 Å². The first-order valence-corrected chi connectivity index (χ1v) is 7.69. The molecule has 1 N–H and O–H groups in total.